The van der Waals surface area contributed by atoms with Crippen molar-refractivity contribution in [3.8, 4) is 0 Å². The number of hydrogen-bond acceptors (Lipinski definition) is 4. The number of hydrogen-bond donors (Lipinski definition) is 1. The lowest BCUT2D eigenvalue weighted by Gasteiger charge is -2.25. The van der Waals surface area contributed by atoms with E-state index in [1.54, 1.807) is 0 Å². The molecule has 4 nitrogen and oxygen atoms in total. The van der Waals surface area contributed by atoms with Gasteiger partial charge < -0.3 is 19.5 Å². The molecular weight excluding hydrogens is 182 g/mol. The second-order valence-corrected chi connectivity index (χ2v) is 3.95. The van der Waals surface area contributed by atoms with Crippen LogP contribution in [0.25, 0.3) is 0 Å². The van der Waals surface area contributed by atoms with Crippen LogP contribution in [0, 0.1) is 0 Å². The zero-order valence-corrected chi connectivity index (χ0v) is 8.70. The summed E-state index contributed by atoms with van der Waals surface area (Å²) in [7, 11) is 0. The highest BCUT2D eigenvalue weighted by atomic mass is 16.6. The molecule has 1 N–H and O–H groups in total. The van der Waals surface area contributed by atoms with E-state index in [4.69, 9.17) is 14.2 Å². The maximum Gasteiger partial charge on any atom is 0.0933 e. The van der Waals surface area contributed by atoms with Gasteiger partial charge in [0, 0.05) is 19.2 Å². The minimum atomic E-state index is 0.219. The fourth-order valence-corrected chi connectivity index (χ4v) is 1.94. The molecule has 3 atom stereocenters. The summed E-state index contributed by atoms with van der Waals surface area (Å²) in [6.07, 6.45) is 1.66. The third-order valence-corrected chi connectivity index (χ3v) is 2.87. The van der Waals surface area contributed by atoms with Gasteiger partial charge in [-0.1, -0.05) is 0 Å². The monoisotopic (exact) mass is 201 g/mol. The van der Waals surface area contributed by atoms with Crippen molar-refractivity contribution in [2.24, 2.45) is 0 Å². The molecule has 2 aliphatic rings. The van der Waals surface area contributed by atoms with Gasteiger partial charge in [-0.2, -0.15) is 0 Å². The topological polar surface area (TPSA) is 39.7 Å². The first-order valence-corrected chi connectivity index (χ1v) is 5.40. The number of rotatable bonds is 3. The molecule has 0 spiro atoms. The van der Waals surface area contributed by atoms with Gasteiger partial charge in [-0.3, -0.25) is 0 Å². The van der Waals surface area contributed by atoms with Crippen LogP contribution in [-0.4, -0.2) is 51.2 Å². The Morgan fingerprint density at radius 1 is 1.21 bits per heavy atom. The maximum absolute atomic E-state index is 5.54. The van der Waals surface area contributed by atoms with Gasteiger partial charge >= 0.3 is 0 Å². The molecule has 14 heavy (non-hydrogen) atoms. The molecule has 4 heteroatoms. The van der Waals surface area contributed by atoms with Gasteiger partial charge in [0.25, 0.3) is 0 Å². The van der Waals surface area contributed by atoms with Gasteiger partial charge in [0.2, 0.25) is 0 Å². The maximum atomic E-state index is 5.54. The molecule has 0 aromatic carbocycles. The largest absolute Gasteiger partial charge is 0.377 e. The Bertz CT molecular complexity index is 171. The Labute approximate surface area is 84.9 Å². The van der Waals surface area contributed by atoms with Crippen LogP contribution in [0.3, 0.4) is 0 Å². The van der Waals surface area contributed by atoms with E-state index in [1.807, 2.05) is 0 Å². The molecule has 0 bridgehead atoms. The molecule has 0 aromatic rings. The van der Waals surface area contributed by atoms with Crippen LogP contribution in [0.5, 0.6) is 0 Å². The van der Waals surface area contributed by atoms with Crippen molar-refractivity contribution in [2.75, 3.05) is 33.0 Å². The number of nitrogens with one attached hydrogen (secondary N) is 1. The normalized spacial score (nSPS) is 38.8. The lowest BCUT2D eigenvalue weighted by atomic mass is 10.1. The fraction of sp³-hybridized carbons (Fsp3) is 1.00. The molecule has 3 unspecified atom stereocenters. The molecule has 2 rings (SSSR count). The molecule has 0 aliphatic carbocycles. The van der Waals surface area contributed by atoms with Crippen LogP contribution in [-0.2, 0) is 14.2 Å². The fourth-order valence-electron chi connectivity index (χ4n) is 1.94. The second-order valence-electron chi connectivity index (χ2n) is 3.95. The van der Waals surface area contributed by atoms with E-state index in [9.17, 15) is 0 Å². The summed E-state index contributed by atoms with van der Waals surface area (Å²) in [4.78, 5) is 0. The molecule has 0 radical (unpaired) electrons. The Morgan fingerprint density at radius 3 is 2.79 bits per heavy atom. The van der Waals surface area contributed by atoms with Crippen LogP contribution in [0.15, 0.2) is 0 Å². The average Bonchev–Trinajstić information content (AvgIpc) is 2.63. The van der Waals surface area contributed by atoms with Crippen LogP contribution >= 0.6 is 0 Å². The predicted octanol–water partition coefficient (Wildman–Crippen LogP) is 0.169. The van der Waals surface area contributed by atoms with E-state index in [0.29, 0.717) is 12.1 Å². The van der Waals surface area contributed by atoms with Gasteiger partial charge in [-0.25, -0.2) is 0 Å². The molecule has 2 aliphatic heterocycles. The van der Waals surface area contributed by atoms with Crippen molar-refractivity contribution in [1.82, 2.24) is 5.32 Å². The van der Waals surface area contributed by atoms with Crippen LogP contribution in [0.2, 0.25) is 0 Å². The first kappa shape index (κ1) is 10.4. The quantitative estimate of drug-likeness (QED) is 0.706. The summed E-state index contributed by atoms with van der Waals surface area (Å²) in [6.45, 7) is 6.04. The molecule has 0 saturated carbocycles. The predicted molar refractivity (Wildman–Crippen MR) is 52.4 cm³/mol. The second kappa shape index (κ2) is 5.07. The third kappa shape index (κ3) is 2.67. The van der Waals surface area contributed by atoms with Crippen molar-refractivity contribution < 1.29 is 14.2 Å². The molecule has 2 saturated heterocycles. The van der Waals surface area contributed by atoms with Crippen LogP contribution in [0.1, 0.15) is 13.3 Å². The van der Waals surface area contributed by atoms with Crippen LogP contribution < -0.4 is 5.32 Å². The highest BCUT2D eigenvalue weighted by Crippen LogP contribution is 2.12. The first-order chi connectivity index (χ1) is 6.86. The van der Waals surface area contributed by atoms with E-state index in [-0.39, 0.29) is 6.10 Å². The summed E-state index contributed by atoms with van der Waals surface area (Å²) in [5.74, 6) is 0. The molecule has 0 amide bonds. The molecule has 0 aromatic heterocycles. The van der Waals surface area contributed by atoms with E-state index in [1.165, 1.54) is 0 Å². The SMILES string of the molecule is CC1OCCC1NCC1COCCO1. The summed E-state index contributed by atoms with van der Waals surface area (Å²) in [6, 6.07) is 0.487. The van der Waals surface area contributed by atoms with Crippen LogP contribution in [0.4, 0.5) is 0 Å². The Kier molecular flexibility index (Phi) is 3.75. The Balaban J connectivity index is 1.65. The van der Waals surface area contributed by atoms with Gasteiger partial charge in [0.1, 0.15) is 0 Å². The Morgan fingerprint density at radius 2 is 2.14 bits per heavy atom. The van der Waals surface area contributed by atoms with Crippen molar-refractivity contribution in [3.05, 3.63) is 0 Å². The van der Waals surface area contributed by atoms with Gasteiger partial charge in [0.15, 0.2) is 0 Å². The van der Waals surface area contributed by atoms with Gasteiger partial charge in [-0.15, -0.1) is 0 Å². The minimum Gasteiger partial charge on any atom is -0.377 e. The van der Waals surface area contributed by atoms with Crippen molar-refractivity contribution in [2.45, 2.75) is 31.6 Å². The molecule has 2 heterocycles. The minimum absolute atomic E-state index is 0.219. The molecule has 82 valence electrons. The van der Waals surface area contributed by atoms with E-state index >= 15 is 0 Å². The molecular formula is C10H19NO3. The zero-order chi connectivity index (χ0) is 9.80. The lowest BCUT2D eigenvalue weighted by Crippen LogP contribution is -2.43. The highest BCUT2D eigenvalue weighted by molar-refractivity contribution is 4.80. The van der Waals surface area contributed by atoms with E-state index in [2.05, 4.69) is 12.2 Å². The standard InChI is InChI=1S/C10H19NO3/c1-8-10(2-3-13-8)11-6-9-7-12-4-5-14-9/h8-11H,2-7H2,1H3. The van der Waals surface area contributed by atoms with E-state index in [0.717, 1.165) is 39.4 Å². The lowest BCUT2D eigenvalue weighted by molar-refractivity contribution is -0.0874. The highest BCUT2D eigenvalue weighted by Gasteiger charge is 2.25. The summed E-state index contributed by atoms with van der Waals surface area (Å²) in [5.41, 5.74) is 0. The Hall–Kier alpha value is -0.160. The van der Waals surface area contributed by atoms with E-state index < -0.39 is 0 Å². The third-order valence-electron chi connectivity index (χ3n) is 2.87. The zero-order valence-electron chi connectivity index (χ0n) is 8.70. The smallest absolute Gasteiger partial charge is 0.0933 e. The van der Waals surface area contributed by atoms with Crippen molar-refractivity contribution in [1.29, 1.82) is 0 Å². The van der Waals surface area contributed by atoms with Gasteiger partial charge in [0.05, 0.1) is 32.0 Å². The summed E-state index contributed by atoms with van der Waals surface area (Å²) in [5, 5.41) is 3.47. The van der Waals surface area contributed by atoms with Crippen molar-refractivity contribution in [3.63, 3.8) is 0 Å². The first-order valence-electron chi connectivity index (χ1n) is 5.40. The summed E-state index contributed by atoms with van der Waals surface area (Å²) < 4.78 is 16.3. The average molecular weight is 201 g/mol. The van der Waals surface area contributed by atoms with Crippen molar-refractivity contribution >= 4 is 0 Å². The molecule has 2 fully saturated rings. The number of ether oxygens (including phenoxy) is 3. The van der Waals surface area contributed by atoms with Gasteiger partial charge in [-0.05, 0) is 13.3 Å². The summed E-state index contributed by atoms with van der Waals surface area (Å²) >= 11 is 0.